The molecule has 2 aromatic rings. The molecule has 1 N–H and O–H groups in total. The van der Waals surface area contributed by atoms with Gasteiger partial charge in [0.25, 0.3) is 0 Å². The van der Waals surface area contributed by atoms with Crippen molar-refractivity contribution in [3.05, 3.63) is 48.0 Å². The van der Waals surface area contributed by atoms with Crippen molar-refractivity contribution in [2.24, 2.45) is 0 Å². The number of benzene rings is 1. The summed E-state index contributed by atoms with van der Waals surface area (Å²) in [6, 6.07) is 6.74. The Morgan fingerprint density at radius 3 is 2.68 bits per heavy atom. The molecule has 0 aliphatic rings. The minimum absolute atomic E-state index is 0.0724. The summed E-state index contributed by atoms with van der Waals surface area (Å²) in [5.74, 6) is 0. The second-order valence-electron chi connectivity index (χ2n) is 3.97. The summed E-state index contributed by atoms with van der Waals surface area (Å²) in [7, 11) is -3.57. The van der Waals surface area contributed by atoms with Crippen LogP contribution >= 0.6 is 11.3 Å². The third kappa shape index (κ3) is 2.85. The van der Waals surface area contributed by atoms with Crippen LogP contribution in [0, 0.1) is 6.92 Å². The predicted molar refractivity (Wildman–Crippen MR) is 77.4 cm³/mol. The Bertz CT molecular complexity index is 673. The minimum Gasteiger partial charge on any atom is -0.371 e. The Balaban J connectivity index is 2.42. The maximum absolute atomic E-state index is 12.5. The third-order valence-electron chi connectivity index (χ3n) is 2.53. The molecule has 1 heterocycles. The maximum atomic E-state index is 12.5. The Labute approximate surface area is 116 Å². The second-order valence-corrected chi connectivity index (χ2v) is 6.69. The highest BCUT2D eigenvalue weighted by Gasteiger charge is 2.24. The number of rotatable bonds is 5. The SMILES string of the molecule is C=CCNc1scnc1S(=O)(=O)c1ccc(C)cc1. The van der Waals surface area contributed by atoms with E-state index in [1.54, 1.807) is 30.3 Å². The number of aryl methyl sites for hydroxylation is 1. The van der Waals surface area contributed by atoms with E-state index in [9.17, 15) is 8.42 Å². The van der Waals surface area contributed by atoms with Gasteiger partial charge in [0.1, 0.15) is 5.00 Å². The van der Waals surface area contributed by atoms with Gasteiger partial charge in [0.05, 0.1) is 10.4 Å². The van der Waals surface area contributed by atoms with Crippen molar-refractivity contribution in [2.45, 2.75) is 16.8 Å². The van der Waals surface area contributed by atoms with Crippen LogP contribution in [0.3, 0.4) is 0 Å². The molecule has 0 unspecified atom stereocenters. The van der Waals surface area contributed by atoms with Gasteiger partial charge < -0.3 is 5.32 Å². The van der Waals surface area contributed by atoms with Gasteiger partial charge in [-0.2, -0.15) is 0 Å². The number of hydrogen-bond donors (Lipinski definition) is 1. The molecule has 0 amide bonds. The van der Waals surface area contributed by atoms with Crippen LogP contribution in [0.1, 0.15) is 5.56 Å². The Morgan fingerprint density at radius 1 is 1.37 bits per heavy atom. The molecule has 0 aliphatic heterocycles. The van der Waals surface area contributed by atoms with Crippen LogP contribution in [0.15, 0.2) is 52.4 Å². The number of hydrogen-bond acceptors (Lipinski definition) is 5. The van der Waals surface area contributed by atoms with E-state index in [0.29, 0.717) is 11.5 Å². The van der Waals surface area contributed by atoms with Gasteiger partial charge in [-0.25, -0.2) is 13.4 Å². The molecule has 0 saturated carbocycles. The van der Waals surface area contributed by atoms with Crippen molar-refractivity contribution in [2.75, 3.05) is 11.9 Å². The lowest BCUT2D eigenvalue weighted by atomic mass is 10.2. The zero-order chi connectivity index (χ0) is 13.9. The first kappa shape index (κ1) is 13.8. The lowest BCUT2D eigenvalue weighted by Gasteiger charge is -2.05. The van der Waals surface area contributed by atoms with Crippen molar-refractivity contribution in [1.82, 2.24) is 4.98 Å². The number of nitrogens with zero attached hydrogens (tertiary/aromatic N) is 1. The van der Waals surface area contributed by atoms with Crippen molar-refractivity contribution in [3.63, 3.8) is 0 Å². The van der Waals surface area contributed by atoms with E-state index >= 15 is 0 Å². The third-order valence-corrected chi connectivity index (χ3v) is 5.15. The van der Waals surface area contributed by atoms with Crippen molar-refractivity contribution < 1.29 is 8.42 Å². The Morgan fingerprint density at radius 2 is 2.05 bits per heavy atom. The van der Waals surface area contributed by atoms with E-state index in [1.807, 2.05) is 6.92 Å². The lowest BCUT2D eigenvalue weighted by molar-refractivity contribution is 0.593. The monoisotopic (exact) mass is 294 g/mol. The first-order chi connectivity index (χ1) is 9.05. The number of nitrogens with one attached hydrogen (secondary N) is 1. The molecule has 100 valence electrons. The molecule has 1 aromatic carbocycles. The number of thiazole rings is 1. The van der Waals surface area contributed by atoms with Gasteiger partial charge in [-0.05, 0) is 19.1 Å². The highest BCUT2D eigenvalue weighted by molar-refractivity contribution is 7.91. The smallest absolute Gasteiger partial charge is 0.226 e. The standard InChI is InChI=1S/C13H14N2O2S2/c1-3-8-14-12-13(15-9-18-12)19(16,17)11-6-4-10(2)5-7-11/h3-7,9,14H,1,8H2,2H3. The highest BCUT2D eigenvalue weighted by Crippen LogP contribution is 2.29. The minimum atomic E-state index is -3.57. The molecule has 4 nitrogen and oxygen atoms in total. The fourth-order valence-electron chi connectivity index (χ4n) is 1.54. The summed E-state index contributed by atoms with van der Waals surface area (Å²) in [4.78, 5) is 4.23. The van der Waals surface area contributed by atoms with E-state index in [2.05, 4.69) is 16.9 Å². The maximum Gasteiger partial charge on any atom is 0.226 e. The summed E-state index contributed by atoms with van der Waals surface area (Å²) >= 11 is 1.27. The first-order valence-corrected chi connectivity index (χ1v) is 8.02. The van der Waals surface area contributed by atoms with Gasteiger partial charge in [0, 0.05) is 6.54 Å². The van der Waals surface area contributed by atoms with E-state index in [1.165, 1.54) is 16.8 Å². The van der Waals surface area contributed by atoms with Gasteiger partial charge in [0.15, 0.2) is 5.03 Å². The average molecular weight is 294 g/mol. The molecule has 1 aromatic heterocycles. The lowest BCUT2D eigenvalue weighted by Crippen LogP contribution is -2.07. The number of sulfone groups is 1. The fourth-order valence-corrected chi connectivity index (χ4v) is 3.89. The quantitative estimate of drug-likeness (QED) is 0.861. The fraction of sp³-hybridized carbons (Fsp3) is 0.154. The molecule has 0 fully saturated rings. The zero-order valence-electron chi connectivity index (χ0n) is 10.5. The summed E-state index contributed by atoms with van der Waals surface area (Å²) in [6.45, 7) is 6.00. The van der Waals surface area contributed by atoms with Crippen LogP contribution in [0.2, 0.25) is 0 Å². The molecule has 0 bridgehead atoms. The summed E-state index contributed by atoms with van der Waals surface area (Å²) < 4.78 is 24.9. The topological polar surface area (TPSA) is 59.1 Å². The van der Waals surface area contributed by atoms with Gasteiger partial charge in [-0.3, -0.25) is 0 Å². The van der Waals surface area contributed by atoms with Gasteiger partial charge in [-0.1, -0.05) is 23.8 Å². The molecule has 2 rings (SSSR count). The largest absolute Gasteiger partial charge is 0.371 e. The highest BCUT2D eigenvalue weighted by atomic mass is 32.2. The molecule has 0 aliphatic carbocycles. The normalized spacial score (nSPS) is 11.2. The zero-order valence-corrected chi connectivity index (χ0v) is 12.1. The van der Waals surface area contributed by atoms with Crippen LogP contribution in [-0.2, 0) is 9.84 Å². The molecule has 19 heavy (non-hydrogen) atoms. The van der Waals surface area contributed by atoms with Gasteiger partial charge >= 0.3 is 0 Å². The van der Waals surface area contributed by atoms with Crippen LogP contribution in [0.4, 0.5) is 5.00 Å². The molecule has 0 radical (unpaired) electrons. The van der Waals surface area contributed by atoms with E-state index in [4.69, 9.17) is 0 Å². The van der Waals surface area contributed by atoms with Crippen LogP contribution < -0.4 is 5.32 Å². The molecule has 0 atom stereocenters. The summed E-state index contributed by atoms with van der Waals surface area (Å²) in [6.07, 6.45) is 1.67. The molecule has 0 saturated heterocycles. The van der Waals surface area contributed by atoms with Crippen molar-refractivity contribution >= 4 is 26.2 Å². The van der Waals surface area contributed by atoms with E-state index in [0.717, 1.165) is 5.56 Å². The van der Waals surface area contributed by atoms with E-state index < -0.39 is 9.84 Å². The second kappa shape index (κ2) is 5.54. The summed E-state index contributed by atoms with van der Waals surface area (Å²) in [5, 5.41) is 3.60. The molecule has 0 spiro atoms. The summed E-state index contributed by atoms with van der Waals surface area (Å²) in [5.41, 5.74) is 2.54. The number of anilines is 1. The van der Waals surface area contributed by atoms with Crippen molar-refractivity contribution in [1.29, 1.82) is 0 Å². The van der Waals surface area contributed by atoms with Crippen LogP contribution in [-0.4, -0.2) is 19.9 Å². The Kier molecular flexibility index (Phi) is 4.01. The first-order valence-electron chi connectivity index (χ1n) is 5.65. The van der Waals surface area contributed by atoms with Crippen LogP contribution in [0.5, 0.6) is 0 Å². The molecular weight excluding hydrogens is 280 g/mol. The predicted octanol–water partition coefficient (Wildman–Crippen LogP) is 2.88. The van der Waals surface area contributed by atoms with Gasteiger partial charge in [-0.15, -0.1) is 17.9 Å². The Hall–Kier alpha value is -1.66. The molecular formula is C13H14N2O2S2. The van der Waals surface area contributed by atoms with Gasteiger partial charge in [0.2, 0.25) is 9.84 Å². The molecule has 6 heteroatoms. The van der Waals surface area contributed by atoms with Crippen LogP contribution in [0.25, 0.3) is 0 Å². The average Bonchev–Trinajstić information content (AvgIpc) is 2.86. The van der Waals surface area contributed by atoms with Crippen molar-refractivity contribution in [3.8, 4) is 0 Å². The number of aromatic nitrogens is 1. The van der Waals surface area contributed by atoms with E-state index in [-0.39, 0.29) is 9.92 Å².